The lowest BCUT2D eigenvalue weighted by Crippen LogP contribution is -2.13. The third kappa shape index (κ3) is 4.64. The molecule has 0 atom stereocenters. The van der Waals surface area contributed by atoms with E-state index < -0.39 is 5.97 Å². The van der Waals surface area contributed by atoms with Crippen LogP contribution < -0.4 is 0 Å². The quantitative estimate of drug-likeness (QED) is 0.460. The van der Waals surface area contributed by atoms with Crippen molar-refractivity contribution in [2.24, 2.45) is 5.92 Å². The van der Waals surface area contributed by atoms with Crippen LogP contribution in [0.3, 0.4) is 0 Å². The molecule has 0 heterocycles. The molecule has 1 aromatic rings. The zero-order valence-electron chi connectivity index (χ0n) is 12.9. The Labute approximate surface area is 137 Å². The molecule has 1 aliphatic rings. The molecular formula is C19H21ClO2. The van der Waals surface area contributed by atoms with Crippen LogP contribution in [-0.4, -0.2) is 12.6 Å². The first-order valence-corrected chi connectivity index (χ1v) is 8.24. The molecule has 1 aromatic carbocycles. The van der Waals surface area contributed by atoms with Crippen molar-refractivity contribution in [1.82, 2.24) is 0 Å². The third-order valence-corrected chi connectivity index (χ3v) is 4.29. The molecule has 0 unspecified atom stereocenters. The number of ether oxygens (including phenoxy) is 1. The number of hydrogen-bond acceptors (Lipinski definition) is 2. The van der Waals surface area contributed by atoms with Gasteiger partial charge < -0.3 is 4.74 Å². The predicted octanol–water partition coefficient (Wildman–Crippen LogP) is 4.67. The van der Waals surface area contributed by atoms with Crippen LogP contribution in [0.25, 0.3) is 0 Å². The number of halogens is 1. The highest BCUT2D eigenvalue weighted by Crippen LogP contribution is 2.33. The fourth-order valence-corrected chi connectivity index (χ4v) is 2.97. The molecule has 2 nitrogen and oxygen atoms in total. The Morgan fingerprint density at radius 1 is 1.23 bits per heavy atom. The van der Waals surface area contributed by atoms with E-state index in [4.69, 9.17) is 16.3 Å². The molecule has 1 fully saturated rings. The second-order valence-electron chi connectivity index (χ2n) is 5.39. The lowest BCUT2D eigenvalue weighted by Gasteiger charge is -2.21. The smallest absolute Gasteiger partial charge is 0.347 e. The summed E-state index contributed by atoms with van der Waals surface area (Å²) in [6.45, 7) is 2.11. The molecule has 0 amide bonds. The van der Waals surface area contributed by atoms with Crippen LogP contribution >= 0.6 is 11.6 Å². The molecule has 2 rings (SSSR count). The van der Waals surface area contributed by atoms with Crippen LogP contribution in [-0.2, 0) is 9.53 Å². The number of benzene rings is 1. The molecular weight excluding hydrogens is 296 g/mol. The van der Waals surface area contributed by atoms with Gasteiger partial charge in [0, 0.05) is 10.6 Å². The van der Waals surface area contributed by atoms with Crippen LogP contribution in [0, 0.1) is 17.8 Å². The lowest BCUT2D eigenvalue weighted by molar-refractivity contribution is -0.138. The average Bonchev–Trinajstić information content (AvgIpc) is 2.57. The Hall–Kier alpha value is -1.72. The maximum atomic E-state index is 12.2. The van der Waals surface area contributed by atoms with Crippen molar-refractivity contribution in [2.75, 3.05) is 6.61 Å². The largest absolute Gasteiger partial charge is 0.462 e. The van der Waals surface area contributed by atoms with Gasteiger partial charge in [0.1, 0.15) is 5.57 Å². The van der Waals surface area contributed by atoms with Crippen molar-refractivity contribution >= 4 is 17.6 Å². The highest BCUT2D eigenvalue weighted by Gasteiger charge is 2.23. The van der Waals surface area contributed by atoms with Crippen LogP contribution in [0.5, 0.6) is 0 Å². The molecule has 116 valence electrons. The third-order valence-electron chi connectivity index (χ3n) is 3.79. The van der Waals surface area contributed by atoms with Gasteiger partial charge in [0.05, 0.1) is 6.61 Å². The van der Waals surface area contributed by atoms with Crippen molar-refractivity contribution in [2.45, 2.75) is 39.0 Å². The lowest BCUT2D eigenvalue weighted by atomic mass is 9.87. The van der Waals surface area contributed by atoms with Gasteiger partial charge in [-0.15, -0.1) is 0 Å². The summed E-state index contributed by atoms with van der Waals surface area (Å²) in [6.07, 6.45) is 5.60. The molecule has 0 aromatic heterocycles. The van der Waals surface area contributed by atoms with Gasteiger partial charge in [-0.3, -0.25) is 0 Å². The molecule has 1 saturated carbocycles. The molecule has 1 aliphatic carbocycles. The van der Waals surface area contributed by atoms with E-state index in [1.54, 1.807) is 6.92 Å². The molecule has 0 bridgehead atoms. The number of hydrogen-bond donors (Lipinski definition) is 0. The summed E-state index contributed by atoms with van der Waals surface area (Å²) >= 11 is 6.50. The first-order valence-electron chi connectivity index (χ1n) is 7.86. The number of rotatable bonds is 3. The van der Waals surface area contributed by atoms with E-state index in [2.05, 4.69) is 11.8 Å². The summed E-state index contributed by atoms with van der Waals surface area (Å²) in [4.78, 5) is 12.2. The van der Waals surface area contributed by atoms with Crippen molar-refractivity contribution < 1.29 is 9.53 Å². The zero-order valence-corrected chi connectivity index (χ0v) is 13.7. The van der Waals surface area contributed by atoms with Gasteiger partial charge in [-0.2, -0.15) is 0 Å². The highest BCUT2D eigenvalue weighted by atomic mass is 35.5. The van der Waals surface area contributed by atoms with Gasteiger partial charge in [-0.05, 0) is 37.8 Å². The Bertz CT molecular complexity index is 587. The maximum absolute atomic E-state index is 12.2. The summed E-state index contributed by atoms with van der Waals surface area (Å²) in [6, 6.07) is 9.58. The fourth-order valence-electron chi connectivity index (χ4n) is 2.63. The van der Waals surface area contributed by atoms with Crippen molar-refractivity contribution in [3.63, 3.8) is 0 Å². The van der Waals surface area contributed by atoms with Crippen LogP contribution in [0.15, 0.2) is 40.9 Å². The van der Waals surface area contributed by atoms with Gasteiger partial charge in [0.2, 0.25) is 0 Å². The van der Waals surface area contributed by atoms with E-state index in [1.165, 1.54) is 6.42 Å². The van der Waals surface area contributed by atoms with Crippen molar-refractivity contribution in [1.29, 1.82) is 0 Å². The second-order valence-corrected chi connectivity index (χ2v) is 5.80. The monoisotopic (exact) mass is 316 g/mol. The summed E-state index contributed by atoms with van der Waals surface area (Å²) < 4.78 is 5.12. The van der Waals surface area contributed by atoms with E-state index in [9.17, 15) is 4.79 Å². The summed E-state index contributed by atoms with van der Waals surface area (Å²) in [5.41, 5.74) is 1.18. The normalized spacial score (nSPS) is 16.3. The van der Waals surface area contributed by atoms with E-state index in [-0.39, 0.29) is 5.92 Å². The molecule has 0 saturated heterocycles. The minimum atomic E-state index is -0.415. The summed E-state index contributed by atoms with van der Waals surface area (Å²) in [5, 5.41) is 0.571. The Morgan fingerprint density at radius 3 is 2.55 bits per heavy atom. The fraction of sp³-hybridized carbons (Fsp3) is 0.421. The first kappa shape index (κ1) is 16.6. The van der Waals surface area contributed by atoms with E-state index >= 15 is 0 Å². The average molecular weight is 317 g/mol. The molecule has 3 heteroatoms. The van der Waals surface area contributed by atoms with Crippen molar-refractivity contribution in [3.8, 4) is 11.8 Å². The molecule has 0 spiro atoms. The molecule has 0 aliphatic heterocycles. The molecule has 0 radical (unpaired) electrons. The maximum Gasteiger partial charge on any atom is 0.347 e. The minimum absolute atomic E-state index is 0.236. The number of carbonyl (C=O) groups excluding carboxylic acids is 1. The van der Waals surface area contributed by atoms with Crippen molar-refractivity contribution in [3.05, 3.63) is 46.5 Å². The molecule has 0 N–H and O–H groups in total. The van der Waals surface area contributed by atoms with E-state index in [0.29, 0.717) is 17.2 Å². The van der Waals surface area contributed by atoms with E-state index in [1.807, 2.05) is 30.3 Å². The van der Waals surface area contributed by atoms with Gasteiger partial charge in [0.25, 0.3) is 0 Å². The van der Waals surface area contributed by atoms with Crippen LogP contribution in [0.4, 0.5) is 0 Å². The first-order chi connectivity index (χ1) is 10.7. The Balaban J connectivity index is 2.30. The van der Waals surface area contributed by atoms with Crippen LogP contribution in [0.2, 0.25) is 0 Å². The standard InChI is InChI=1S/C19H21ClO2/c1-2-22-19(21)17(14-13-15-9-5-3-6-10-15)18(20)16-11-7-4-8-12-16/h3,5-6,9-10,16H,2,4,7-8,11-12H2,1H3/b18-17-. The topological polar surface area (TPSA) is 26.3 Å². The SMILES string of the molecule is CCOC(=O)/C(C#Cc1ccccc1)=C(\Cl)C1CCCCC1. The Morgan fingerprint density at radius 2 is 1.91 bits per heavy atom. The van der Waals surface area contributed by atoms with Gasteiger partial charge in [0.15, 0.2) is 0 Å². The van der Waals surface area contributed by atoms with Gasteiger partial charge in [-0.1, -0.05) is 60.9 Å². The highest BCUT2D eigenvalue weighted by molar-refractivity contribution is 6.32. The molecule has 22 heavy (non-hydrogen) atoms. The second kappa shape index (κ2) is 8.66. The Kier molecular flexibility index (Phi) is 6.55. The number of allylic oxidation sites excluding steroid dienone is 1. The van der Waals surface area contributed by atoms with E-state index in [0.717, 1.165) is 31.2 Å². The van der Waals surface area contributed by atoms with Gasteiger partial charge in [-0.25, -0.2) is 4.79 Å². The zero-order chi connectivity index (χ0) is 15.8. The number of esters is 1. The summed E-state index contributed by atoms with van der Waals surface area (Å²) in [7, 11) is 0. The van der Waals surface area contributed by atoms with Gasteiger partial charge >= 0.3 is 5.97 Å². The minimum Gasteiger partial charge on any atom is -0.462 e. The number of carbonyl (C=O) groups is 1. The van der Waals surface area contributed by atoms with Crippen LogP contribution in [0.1, 0.15) is 44.6 Å². The predicted molar refractivity (Wildman–Crippen MR) is 89.4 cm³/mol. The summed E-state index contributed by atoms with van der Waals surface area (Å²) in [5.74, 6) is 5.77.